The number of methoxy groups -OCH3 is 2. The minimum atomic E-state index is -0.965. The highest BCUT2D eigenvalue weighted by atomic mass is 16.6. The molecule has 0 radical (unpaired) electrons. The van der Waals surface area contributed by atoms with Crippen LogP contribution in [-0.2, 0) is 59.0 Å². The van der Waals surface area contributed by atoms with E-state index in [-0.39, 0.29) is 73.1 Å². The molecular weight excluding hydrogens is 897 g/mol. The van der Waals surface area contributed by atoms with Gasteiger partial charge in [-0.25, -0.2) is 4.79 Å². The summed E-state index contributed by atoms with van der Waals surface area (Å²) < 4.78 is 17.8. The molecule has 0 bridgehead atoms. The summed E-state index contributed by atoms with van der Waals surface area (Å²) in [6.07, 6.45) is 4.95. The molecule has 7 amide bonds. The lowest BCUT2D eigenvalue weighted by atomic mass is 9.89. The summed E-state index contributed by atoms with van der Waals surface area (Å²) >= 11 is 0. The first kappa shape index (κ1) is 59.2. The molecule has 2 heterocycles. The molecule has 1 aromatic carbocycles. The number of likely N-dealkylation sites (tertiary alicyclic amines) is 1. The maximum absolute atomic E-state index is 14.6. The molecule has 2 aliphatic heterocycles. The number of amides is 7. The van der Waals surface area contributed by atoms with E-state index < -0.39 is 71.7 Å². The number of nitrogens with zero attached hydrogens (tertiary/aromatic N) is 4. The highest BCUT2D eigenvalue weighted by Crippen LogP contribution is 2.30. The van der Waals surface area contributed by atoms with E-state index in [0.29, 0.717) is 45.1 Å². The number of nitrogens with one attached hydrogen (secondary N) is 2. The van der Waals surface area contributed by atoms with Gasteiger partial charge in [-0.3, -0.25) is 38.5 Å². The molecule has 17 heteroatoms. The molecule has 0 saturated carbocycles. The van der Waals surface area contributed by atoms with Gasteiger partial charge in [-0.2, -0.15) is 0 Å². The van der Waals surface area contributed by atoms with Gasteiger partial charge in [0.2, 0.25) is 29.5 Å². The van der Waals surface area contributed by atoms with Crippen molar-refractivity contribution in [3.8, 4) is 0 Å². The molecule has 392 valence electrons. The van der Waals surface area contributed by atoms with Crippen LogP contribution < -0.4 is 10.6 Å². The molecule has 1 fully saturated rings. The third-order valence-electron chi connectivity index (χ3n) is 13.7. The molecule has 1 saturated heterocycles. The van der Waals surface area contributed by atoms with Crippen LogP contribution in [0.1, 0.15) is 126 Å². The third-order valence-corrected chi connectivity index (χ3v) is 13.7. The van der Waals surface area contributed by atoms with Gasteiger partial charge in [-0.15, -0.1) is 0 Å². The number of ether oxygens (including phenoxy) is 3. The number of benzene rings is 1. The van der Waals surface area contributed by atoms with Gasteiger partial charge in [0.25, 0.3) is 11.8 Å². The van der Waals surface area contributed by atoms with Crippen LogP contribution in [0.4, 0.5) is 0 Å². The monoisotopic (exact) mass is 981 g/mol. The van der Waals surface area contributed by atoms with Crippen LogP contribution in [0, 0.1) is 23.7 Å². The summed E-state index contributed by atoms with van der Waals surface area (Å²) in [5.74, 6) is -4.44. The second-order valence-electron chi connectivity index (χ2n) is 20.8. The maximum Gasteiger partial charge on any atom is 0.329 e. The van der Waals surface area contributed by atoms with E-state index in [9.17, 15) is 38.4 Å². The second kappa shape index (κ2) is 27.4. The predicted octanol–water partition coefficient (Wildman–Crippen LogP) is 5.09. The molecular formula is C53H84N6O11. The van der Waals surface area contributed by atoms with Gasteiger partial charge in [0, 0.05) is 66.4 Å². The number of unbranched alkanes of at least 4 members (excludes halogenated alkanes) is 2. The van der Waals surface area contributed by atoms with Gasteiger partial charge in [0.05, 0.1) is 36.6 Å². The Balaban J connectivity index is 1.74. The van der Waals surface area contributed by atoms with E-state index in [1.807, 2.05) is 71.9 Å². The summed E-state index contributed by atoms with van der Waals surface area (Å²) in [4.78, 5) is 114. The number of carbonyl (C=O) groups excluding carboxylic acids is 8. The zero-order valence-electron chi connectivity index (χ0n) is 44.5. The normalized spacial score (nSPS) is 18.5. The van der Waals surface area contributed by atoms with Crippen molar-refractivity contribution < 1.29 is 52.6 Å². The molecule has 3 rings (SSSR count). The Hall–Kier alpha value is -5.16. The van der Waals surface area contributed by atoms with Gasteiger partial charge in [0.15, 0.2) is 0 Å². The number of hydrogen-bond acceptors (Lipinski definition) is 11. The van der Waals surface area contributed by atoms with Gasteiger partial charge >= 0.3 is 5.97 Å². The first-order chi connectivity index (χ1) is 32.9. The van der Waals surface area contributed by atoms with Crippen molar-refractivity contribution in [1.29, 1.82) is 0 Å². The standard InChI is InChI=1S/C53H84N6O11/c1-15-35(6)47(57(12)51(66)45(33(2)3)55-50(65)46(34(4)5)56(11)41(60)26-20-17-21-29-59-42(61)27-28-43(59)62)40(68-13)32-44(63)58-30-22-25-39(58)48(69-14)36(7)49(64)54-38(52(67)70-53(8,9)10)31-37-23-18-16-19-24-37/h16,18-19,23-24,27-28,33-36,38-40,45-48H,15,17,20-22,25-26,29-32H2,1-14H3,(H,54,64)(H,55,65)/t35-,36+,38-,39-,40+,45-,46-,47-,48+/m0/s1. The van der Waals surface area contributed by atoms with Crippen molar-refractivity contribution in [2.45, 2.75) is 175 Å². The Kier molecular flexibility index (Phi) is 23.2. The average Bonchev–Trinajstić information content (AvgIpc) is 3.92. The Morgan fingerprint density at radius 2 is 1.44 bits per heavy atom. The fourth-order valence-electron chi connectivity index (χ4n) is 9.63. The minimum Gasteiger partial charge on any atom is -0.458 e. The number of imide groups is 1. The van der Waals surface area contributed by atoms with Crippen molar-refractivity contribution in [1.82, 2.24) is 30.2 Å². The lowest BCUT2D eigenvalue weighted by Gasteiger charge is -2.41. The van der Waals surface area contributed by atoms with E-state index in [1.165, 1.54) is 36.2 Å². The lowest BCUT2D eigenvalue weighted by molar-refractivity contribution is -0.159. The van der Waals surface area contributed by atoms with Gasteiger partial charge in [-0.05, 0) is 69.8 Å². The molecule has 9 atom stereocenters. The first-order valence-electron chi connectivity index (χ1n) is 25.2. The fourth-order valence-corrected chi connectivity index (χ4v) is 9.63. The summed E-state index contributed by atoms with van der Waals surface area (Å²) in [6.45, 7) is 19.1. The molecule has 2 aliphatic rings. The predicted molar refractivity (Wildman–Crippen MR) is 267 cm³/mol. The van der Waals surface area contributed by atoms with Crippen LogP contribution >= 0.6 is 0 Å². The van der Waals surface area contributed by atoms with Crippen molar-refractivity contribution in [3.63, 3.8) is 0 Å². The SMILES string of the molecule is CC[C@H](C)[C@@H]([C@@H](CC(=O)N1CCC[C@H]1[C@H](OC)[C@@H](C)C(=O)N[C@@H](Cc1ccccc1)C(=O)OC(C)(C)C)OC)N(C)C(=O)[C@@H](NC(=O)[C@H](C(C)C)N(C)C(=O)CCCCCN1C(=O)C=CC1=O)C(C)C. The van der Waals surface area contributed by atoms with E-state index in [4.69, 9.17) is 14.2 Å². The Labute approximate surface area is 417 Å². The topological polar surface area (TPSA) is 201 Å². The maximum atomic E-state index is 14.6. The molecule has 2 N–H and O–H groups in total. The molecule has 0 aromatic heterocycles. The van der Waals surface area contributed by atoms with E-state index in [1.54, 1.807) is 51.6 Å². The third kappa shape index (κ3) is 16.5. The van der Waals surface area contributed by atoms with Crippen LogP contribution in [0.15, 0.2) is 42.5 Å². The van der Waals surface area contributed by atoms with Gasteiger partial charge < -0.3 is 39.5 Å². The second-order valence-corrected chi connectivity index (χ2v) is 20.8. The van der Waals surface area contributed by atoms with Crippen molar-refractivity contribution in [2.24, 2.45) is 23.7 Å². The number of hydrogen-bond donors (Lipinski definition) is 2. The van der Waals surface area contributed by atoms with Crippen LogP contribution in [-0.4, -0.2) is 156 Å². The zero-order chi connectivity index (χ0) is 52.6. The fraction of sp³-hybridized carbons (Fsp3) is 0.698. The molecule has 0 spiro atoms. The smallest absolute Gasteiger partial charge is 0.329 e. The van der Waals surface area contributed by atoms with Crippen molar-refractivity contribution in [2.75, 3.05) is 41.4 Å². The molecule has 70 heavy (non-hydrogen) atoms. The highest BCUT2D eigenvalue weighted by molar-refractivity contribution is 6.12. The van der Waals surface area contributed by atoms with Crippen molar-refractivity contribution in [3.05, 3.63) is 48.0 Å². The quantitative estimate of drug-likeness (QED) is 0.0677. The Morgan fingerprint density at radius 3 is 1.99 bits per heavy atom. The Bertz CT molecular complexity index is 1950. The molecule has 1 aromatic rings. The number of rotatable bonds is 27. The Morgan fingerprint density at radius 1 is 0.814 bits per heavy atom. The van der Waals surface area contributed by atoms with E-state index >= 15 is 0 Å². The van der Waals surface area contributed by atoms with Crippen LogP contribution in [0.5, 0.6) is 0 Å². The number of esters is 1. The van der Waals surface area contributed by atoms with E-state index in [0.717, 1.165) is 5.56 Å². The summed E-state index contributed by atoms with van der Waals surface area (Å²) in [5.41, 5.74) is 0.0823. The molecule has 17 nitrogen and oxygen atoms in total. The first-order valence-corrected chi connectivity index (χ1v) is 25.2. The zero-order valence-corrected chi connectivity index (χ0v) is 44.5. The van der Waals surface area contributed by atoms with Gasteiger partial charge in [0.1, 0.15) is 23.7 Å². The number of carbonyl (C=O) groups is 8. The average molecular weight is 981 g/mol. The summed E-state index contributed by atoms with van der Waals surface area (Å²) in [7, 11) is 6.28. The van der Waals surface area contributed by atoms with Crippen molar-refractivity contribution >= 4 is 47.3 Å². The number of likely N-dealkylation sites (N-methyl/N-ethyl adjacent to an activating group) is 2. The van der Waals surface area contributed by atoms with Crippen LogP contribution in [0.3, 0.4) is 0 Å². The van der Waals surface area contributed by atoms with Gasteiger partial charge in [-0.1, -0.05) is 91.6 Å². The van der Waals surface area contributed by atoms with E-state index in [2.05, 4.69) is 10.6 Å². The molecule has 0 aliphatic carbocycles. The minimum absolute atomic E-state index is 0.0683. The summed E-state index contributed by atoms with van der Waals surface area (Å²) in [6, 6.07) is 5.55. The summed E-state index contributed by atoms with van der Waals surface area (Å²) in [5, 5.41) is 5.90. The molecule has 0 unspecified atom stereocenters. The van der Waals surface area contributed by atoms with Crippen LogP contribution in [0.2, 0.25) is 0 Å². The lowest BCUT2D eigenvalue weighted by Crippen LogP contribution is -2.60. The highest BCUT2D eigenvalue weighted by Gasteiger charge is 2.44. The largest absolute Gasteiger partial charge is 0.458 e. The van der Waals surface area contributed by atoms with Crippen LogP contribution in [0.25, 0.3) is 0 Å².